The fraction of sp³-hybridized carbons (Fsp3) is 0.500. The van der Waals surface area contributed by atoms with Crippen molar-refractivity contribution >= 4 is 41.4 Å². The number of carbonyl (C=O) groups excluding carboxylic acids is 6. The minimum atomic E-state index is -1.55. The number of hydrogen-bond acceptors (Lipinski definition) is 8. The highest BCUT2D eigenvalue weighted by Crippen LogP contribution is 2.20. The lowest BCUT2D eigenvalue weighted by atomic mass is 9.99. The normalized spacial score (nSPS) is 16.9. The monoisotopic (exact) mass is 735 g/mol. The molecule has 15 heteroatoms. The molecule has 0 unspecified atom stereocenters. The molecule has 53 heavy (non-hydrogen) atoms. The summed E-state index contributed by atoms with van der Waals surface area (Å²) in [5.41, 5.74) is 13.3. The molecule has 0 bridgehead atoms. The van der Waals surface area contributed by atoms with Gasteiger partial charge in [0.05, 0.1) is 12.5 Å². The van der Waals surface area contributed by atoms with Gasteiger partial charge in [-0.25, -0.2) is 4.79 Å². The predicted molar refractivity (Wildman–Crippen MR) is 196 cm³/mol. The van der Waals surface area contributed by atoms with E-state index in [2.05, 4.69) is 21.3 Å². The summed E-state index contributed by atoms with van der Waals surface area (Å²) in [6, 6.07) is 11.1. The third kappa shape index (κ3) is 13.0. The molecular formula is C38H53N7O8. The molecule has 0 spiro atoms. The lowest BCUT2D eigenvalue weighted by Crippen LogP contribution is -2.60. The zero-order valence-electron chi connectivity index (χ0n) is 30.7. The molecule has 0 aliphatic carbocycles. The minimum absolute atomic E-state index is 0.000957. The summed E-state index contributed by atoms with van der Waals surface area (Å²) < 4.78 is 0. The van der Waals surface area contributed by atoms with Crippen LogP contribution in [0.25, 0.3) is 0 Å². The van der Waals surface area contributed by atoms with Crippen LogP contribution in [-0.2, 0) is 46.4 Å². The van der Waals surface area contributed by atoms with Gasteiger partial charge in [-0.05, 0) is 48.6 Å². The summed E-state index contributed by atoms with van der Waals surface area (Å²) in [7, 11) is 0. The average molecular weight is 736 g/mol. The van der Waals surface area contributed by atoms with Crippen molar-refractivity contribution < 1.29 is 38.7 Å². The average Bonchev–Trinajstić information content (AvgIpc) is 3.60. The van der Waals surface area contributed by atoms with E-state index in [0.717, 1.165) is 5.56 Å². The SMILES string of the molecule is CC(C)C[C@H](NC(=O)[C@@H](NC(=O)[C@H](CC(N)=O)NC(=O)[C@H](Cc1ccccc1)NC(=O)[C@@H]1CCCN1C(=O)[C@@H](N)Cc1ccccc1)C(C)C)C(=O)O. The van der Waals surface area contributed by atoms with Crippen molar-refractivity contribution in [3.8, 4) is 0 Å². The van der Waals surface area contributed by atoms with Crippen LogP contribution in [-0.4, -0.2) is 94.2 Å². The lowest BCUT2D eigenvalue weighted by molar-refractivity contribution is -0.143. The Morgan fingerprint density at radius 2 is 1.30 bits per heavy atom. The second-order valence-corrected chi connectivity index (χ2v) is 14.2. The Balaban J connectivity index is 1.79. The van der Waals surface area contributed by atoms with Crippen LogP contribution in [0.5, 0.6) is 0 Å². The summed E-state index contributed by atoms with van der Waals surface area (Å²) in [4.78, 5) is 93.2. The smallest absolute Gasteiger partial charge is 0.326 e. The number of nitrogens with zero attached hydrogens (tertiary/aromatic N) is 1. The van der Waals surface area contributed by atoms with Crippen LogP contribution in [0.1, 0.15) is 64.5 Å². The molecule has 0 radical (unpaired) electrons. The van der Waals surface area contributed by atoms with Gasteiger partial charge in [0.1, 0.15) is 30.2 Å². The van der Waals surface area contributed by atoms with Gasteiger partial charge in [-0.2, -0.15) is 0 Å². The number of primary amides is 1. The van der Waals surface area contributed by atoms with E-state index in [-0.39, 0.29) is 25.2 Å². The van der Waals surface area contributed by atoms with Crippen molar-refractivity contribution in [3.63, 3.8) is 0 Å². The summed E-state index contributed by atoms with van der Waals surface area (Å²) in [5.74, 6) is -6.16. The van der Waals surface area contributed by atoms with Crippen LogP contribution in [0.4, 0.5) is 0 Å². The Morgan fingerprint density at radius 1 is 0.755 bits per heavy atom. The number of nitrogens with two attached hydrogens (primary N) is 2. The maximum absolute atomic E-state index is 13.9. The van der Waals surface area contributed by atoms with Crippen LogP contribution in [0, 0.1) is 11.8 Å². The van der Waals surface area contributed by atoms with Crippen LogP contribution < -0.4 is 32.7 Å². The summed E-state index contributed by atoms with van der Waals surface area (Å²) in [6.07, 6.45) is 0.701. The molecule has 1 aliphatic heterocycles. The fourth-order valence-corrected chi connectivity index (χ4v) is 6.22. The van der Waals surface area contributed by atoms with Gasteiger partial charge in [0.15, 0.2) is 0 Å². The van der Waals surface area contributed by atoms with E-state index in [1.807, 2.05) is 30.3 Å². The van der Waals surface area contributed by atoms with Gasteiger partial charge in [-0.1, -0.05) is 88.4 Å². The second-order valence-electron chi connectivity index (χ2n) is 14.2. The number of nitrogens with one attached hydrogen (secondary N) is 4. The lowest BCUT2D eigenvalue weighted by Gasteiger charge is -2.29. The van der Waals surface area contributed by atoms with Crippen molar-refractivity contribution in [2.24, 2.45) is 23.3 Å². The molecule has 0 saturated carbocycles. The topological polar surface area (TPSA) is 243 Å². The van der Waals surface area contributed by atoms with Crippen LogP contribution >= 0.6 is 0 Å². The maximum Gasteiger partial charge on any atom is 0.326 e. The number of carboxylic acids is 1. The molecular weight excluding hydrogens is 682 g/mol. The number of aliphatic carboxylic acids is 1. The van der Waals surface area contributed by atoms with Crippen molar-refractivity contribution in [1.82, 2.24) is 26.2 Å². The molecule has 1 fully saturated rings. The molecule has 0 aromatic heterocycles. The zero-order chi connectivity index (χ0) is 39.2. The Kier molecular flexibility index (Phi) is 15.9. The molecule has 1 heterocycles. The van der Waals surface area contributed by atoms with Crippen LogP contribution in [0.2, 0.25) is 0 Å². The highest BCUT2D eigenvalue weighted by Gasteiger charge is 2.39. The number of carboxylic acid groups (broad SMARTS) is 1. The fourth-order valence-electron chi connectivity index (χ4n) is 6.22. The Bertz CT molecular complexity index is 1590. The number of carbonyl (C=O) groups is 7. The third-order valence-electron chi connectivity index (χ3n) is 8.98. The minimum Gasteiger partial charge on any atom is -0.480 e. The van der Waals surface area contributed by atoms with Crippen molar-refractivity contribution in [1.29, 1.82) is 0 Å². The first-order valence-electron chi connectivity index (χ1n) is 17.9. The molecule has 288 valence electrons. The van der Waals surface area contributed by atoms with E-state index < -0.39 is 90.0 Å². The van der Waals surface area contributed by atoms with Gasteiger partial charge in [-0.3, -0.25) is 28.8 Å². The number of benzene rings is 2. The standard InChI is InChI=1S/C38H53N7O8/c1-22(2)18-29(38(52)53)43-36(50)32(23(3)4)44-34(48)28(21-31(40)46)41-33(47)27(20-25-14-9-6-10-15-25)42-35(49)30-16-11-17-45(30)37(51)26(39)19-24-12-7-5-8-13-24/h5-10,12-15,22-23,26-30,32H,11,16-21,39H2,1-4H3,(H2,40,46)(H,41,47)(H,42,49)(H,43,50)(H,44,48)(H,52,53)/t26-,27-,28-,29-,30-,32-/m0/s1. The van der Waals surface area contributed by atoms with E-state index in [0.29, 0.717) is 24.9 Å². The highest BCUT2D eigenvalue weighted by atomic mass is 16.4. The quantitative estimate of drug-likeness (QED) is 0.105. The van der Waals surface area contributed by atoms with Gasteiger partial charge >= 0.3 is 5.97 Å². The Labute approximate surface area is 310 Å². The van der Waals surface area contributed by atoms with Gasteiger partial charge in [0.2, 0.25) is 35.4 Å². The van der Waals surface area contributed by atoms with Gasteiger partial charge < -0.3 is 42.7 Å². The van der Waals surface area contributed by atoms with Gasteiger partial charge in [0.25, 0.3) is 0 Å². The molecule has 3 rings (SSSR count). The molecule has 15 nitrogen and oxygen atoms in total. The molecule has 2 aromatic carbocycles. The van der Waals surface area contributed by atoms with E-state index in [4.69, 9.17) is 11.5 Å². The number of likely N-dealkylation sites (tertiary alicyclic amines) is 1. The second kappa shape index (κ2) is 20.1. The summed E-state index contributed by atoms with van der Waals surface area (Å²) in [6.45, 7) is 7.20. The number of rotatable bonds is 19. The van der Waals surface area contributed by atoms with Crippen molar-refractivity contribution in [2.75, 3.05) is 6.54 Å². The first-order valence-corrected chi connectivity index (χ1v) is 17.9. The van der Waals surface area contributed by atoms with Gasteiger partial charge in [0, 0.05) is 13.0 Å². The van der Waals surface area contributed by atoms with Crippen molar-refractivity contribution in [3.05, 3.63) is 71.8 Å². The van der Waals surface area contributed by atoms with E-state index in [9.17, 15) is 38.7 Å². The number of hydrogen-bond donors (Lipinski definition) is 7. The largest absolute Gasteiger partial charge is 0.480 e. The molecule has 2 aromatic rings. The third-order valence-corrected chi connectivity index (χ3v) is 8.98. The molecule has 9 N–H and O–H groups in total. The first kappa shape index (κ1) is 42.1. The molecule has 6 atom stereocenters. The molecule has 1 aliphatic rings. The Hall–Kier alpha value is -5.31. The maximum atomic E-state index is 13.9. The first-order chi connectivity index (χ1) is 25.1. The van der Waals surface area contributed by atoms with Crippen LogP contribution in [0.3, 0.4) is 0 Å². The van der Waals surface area contributed by atoms with E-state index in [1.165, 1.54) is 4.90 Å². The van der Waals surface area contributed by atoms with E-state index in [1.54, 1.807) is 58.0 Å². The molecule has 1 saturated heterocycles. The summed E-state index contributed by atoms with van der Waals surface area (Å²) in [5, 5.41) is 19.9. The Morgan fingerprint density at radius 3 is 1.83 bits per heavy atom. The highest BCUT2D eigenvalue weighted by molar-refractivity contribution is 5.98. The molecule has 6 amide bonds. The van der Waals surface area contributed by atoms with Crippen molar-refractivity contribution in [2.45, 2.75) is 102 Å². The van der Waals surface area contributed by atoms with Crippen LogP contribution in [0.15, 0.2) is 60.7 Å². The zero-order valence-corrected chi connectivity index (χ0v) is 30.7. The van der Waals surface area contributed by atoms with Gasteiger partial charge in [-0.15, -0.1) is 0 Å². The predicted octanol–water partition coefficient (Wildman–Crippen LogP) is 0.391. The summed E-state index contributed by atoms with van der Waals surface area (Å²) >= 11 is 0. The number of amides is 6. The van der Waals surface area contributed by atoms with E-state index >= 15 is 0 Å².